The van der Waals surface area contributed by atoms with E-state index in [0.29, 0.717) is 0 Å². The Morgan fingerprint density at radius 2 is 2.27 bits per heavy atom. The highest BCUT2D eigenvalue weighted by atomic mass is 32.2. The first-order valence-corrected chi connectivity index (χ1v) is 5.47. The van der Waals surface area contributed by atoms with Gasteiger partial charge in [0.2, 0.25) is 0 Å². The van der Waals surface area contributed by atoms with Gasteiger partial charge in [0.05, 0.1) is 0 Å². The van der Waals surface area contributed by atoms with Crippen LogP contribution in [-0.2, 0) is 6.54 Å². The number of rotatable bonds is 4. The number of hydrogen-bond donors (Lipinski definition) is 2. The molecule has 0 aliphatic carbocycles. The lowest BCUT2D eigenvalue weighted by atomic mass is 10.2. The quantitative estimate of drug-likeness (QED) is 0.823. The first-order valence-electron chi connectivity index (χ1n) is 4.66. The van der Waals surface area contributed by atoms with Crippen LogP contribution < -0.4 is 5.32 Å². The summed E-state index contributed by atoms with van der Waals surface area (Å²) in [5.74, 6) is 0. The highest BCUT2D eigenvalue weighted by molar-refractivity contribution is 7.99. The molecule has 5 heteroatoms. The molecule has 0 unspecified atom stereocenters. The molecule has 1 aromatic heterocycles. The lowest BCUT2D eigenvalue weighted by Crippen LogP contribution is -2.05. The number of nitrogens with one attached hydrogen (secondary N) is 2. The van der Waals surface area contributed by atoms with Crippen molar-refractivity contribution in [2.45, 2.75) is 16.6 Å². The fourth-order valence-corrected chi connectivity index (χ4v) is 2.11. The molecule has 78 valence electrons. The van der Waals surface area contributed by atoms with Crippen molar-refractivity contribution in [1.29, 1.82) is 0 Å². The first kappa shape index (κ1) is 10.2. The smallest absolute Gasteiger partial charge is 0.188 e. The van der Waals surface area contributed by atoms with Crippen LogP contribution in [0.5, 0.6) is 0 Å². The number of aromatic amines is 1. The van der Waals surface area contributed by atoms with Crippen molar-refractivity contribution in [3.8, 4) is 0 Å². The SMILES string of the molecule is CNCc1ccccc1Sc1ncn[nH]1. The number of hydrogen-bond acceptors (Lipinski definition) is 4. The van der Waals surface area contributed by atoms with E-state index in [9.17, 15) is 0 Å². The van der Waals surface area contributed by atoms with E-state index in [2.05, 4.69) is 32.6 Å². The van der Waals surface area contributed by atoms with E-state index in [0.717, 1.165) is 11.7 Å². The van der Waals surface area contributed by atoms with Gasteiger partial charge in [0.15, 0.2) is 5.16 Å². The molecule has 0 bridgehead atoms. The van der Waals surface area contributed by atoms with Crippen LogP contribution in [0.4, 0.5) is 0 Å². The van der Waals surface area contributed by atoms with Crippen LogP contribution in [0.1, 0.15) is 5.56 Å². The molecule has 2 aromatic rings. The van der Waals surface area contributed by atoms with Crippen LogP contribution in [0, 0.1) is 0 Å². The summed E-state index contributed by atoms with van der Waals surface area (Å²) in [7, 11) is 1.94. The van der Waals surface area contributed by atoms with Crippen LogP contribution in [0.15, 0.2) is 40.6 Å². The standard InChI is InChI=1S/C10H12N4S/c1-11-6-8-4-2-3-5-9(8)15-10-12-7-13-14-10/h2-5,7,11H,6H2,1H3,(H,12,13,14). The van der Waals surface area contributed by atoms with Crippen LogP contribution in [-0.4, -0.2) is 22.2 Å². The largest absolute Gasteiger partial charge is 0.316 e. The topological polar surface area (TPSA) is 53.6 Å². The van der Waals surface area contributed by atoms with Crippen molar-refractivity contribution >= 4 is 11.8 Å². The molecule has 1 aromatic carbocycles. The molecule has 0 aliphatic heterocycles. The molecule has 0 amide bonds. The van der Waals surface area contributed by atoms with Crippen LogP contribution >= 0.6 is 11.8 Å². The van der Waals surface area contributed by atoms with Gasteiger partial charge >= 0.3 is 0 Å². The lowest BCUT2D eigenvalue weighted by molar-refractivity contribution is 0.802. The van der Waals surface area contributed by atoms with Crippen LogP contribution in [0.25, 0.3) is 0 Å². The van der Waals surface area contributed by atoms with Crippen molar-refractivity contribution in [2.75, 3.05) is 7.05 Å². The van der Waals surface area contributed by atoms with Crippen molar-refractivity contribution in [1.82, 2.24) is 20.5 Å². The second kappa shape index (κ2) is 4.95. The molecule has 0 atom stereocenters. The maximum Gasteiger partial charge on any atom is 0.188 e. The summed E-state index contributed by atoms with van der Waals surface area (Å²) in [6, 6.07) is 8.25. The van der Waals surface area contributed by atoms with Gasteiger partial charge in [-0.3, -0.25) is 5.10 Å². The van der Waals surface area contributed by atoms with Gasteiger partial charge in [-0.25, -0.2) is 4.98 Å². The average molecular weight is 220 g/mol. The molecular weight excluding hydrogens is 208 g/mol. The van der Waals surface area contributed by atoms with Crippen molar-refractivity contribution in [3.63, 3.8) is 0 Å². The van der Waals surface area contributed by atoms with Gasteiger partial charge in [-0.1, -0.05) is 30.0 Å². The average Bonchev–Trinajstić information content (AvgIpc) is 2.74. The molecule has 15 heavy (non-hydrogen) atoms. The summed E-state index contributed by atoms with van der Waals surface area (Å²) in [6.45, 7) is 0.858. The molecule has 0 spiro atoms. The number of benzene rings is 1. The maximum absolute atomic E-state index is 4.09. The Bertz CT molecular complexity index is 413. The molecule has 0 saturated carbocycles. The van der Waals surface area contributed by atoms with E-state index in [1.54, 1.807) is 11.8 Å². The van der Waals surface area contributed by atoms with Crippen molar-refractivity contribution < 1.29 is 0 Å². The highest BCUT2D eigenvalue weighted by Crippen LogP contribution is 2.27. The van der Waals surface area contributed by atoms with Gasteiger partial charge in [-0.15, -0.1) is 0 Å². The molecule has 0 radical (unpaired) electrons. The summed E-state index contributed by atoms with van der Waals surface area (Å²) in [4.78, 5) is 5.29. The Morgan fingerprint density at radius 3 is 3.00 bits per heavy atom. The predicted molar refractivity (Wildman–Crippen MR) is 59.7 cm³/mol. The summed E-state index contributed by atoms with van der Waals surface area (Å²) in [5, 5.41) is 10.6. The Balaban J connectivity index is 2.20. The van der Waals surface area contributed by atoms with Gasteiger partial charge in [-0.2, -0.15) is 5.10 Å². The fraction of sp³-hybridized carbons (Fsp3) is 0.200. The zero-order valence-corrected chi connectivity index (χ0v) is 9.21. The minimum absolute atomic E-state index is 0.818. The zero-order chi connectivity index (χ0) is 10.5. The zero-order valence-electron chi connectivity index (χ0n) is 8.40. The number of aromatic nitrogens is 3. The minimum Gasteiger partial charge on any atom is -0.316 e. The van der Waals surface area contributed by atoms with Gasteiger partial charge in [0.25, 0.3) is 0 Å². The third-order valence-electron chi connectivity index (χ3n) is 1.94. The van der Waals surface area contributed by atoms with Crippen LogP contribution in [0.2, 0.25) is 0 Å². The third kappa shape index (κ3) is 2.57. The molecule has 1 heterocycles. The molecule has 4 nitrogen and oxygen atoms in total. The van der Waals surface area contributed by atoms with E-state index in [1.807, 2.05) is 19.2 Å². The van der Waals surface area contributed by atoms with Gasteiger partial charge in [-0.05, 0) is 18.7 Å². The van der Waals surface area contributed by atoms with Crippen molar-refractivity contribution in [3.05, 3.63) is 36.2 Å². The monoisotopic (exact) mass is 220 g/mol. The summed E-state index contributed by atoms with van der Waals surface area (Å²) in [5.41, 5.74) is 1.27. The Hall–Kier alpha value is -1.33. The normalized spacial score (nSPS) is 10.5. The number of nitrogens with zero attached hydrogens (tertiary/aromatic N) is 2. The Kier molecular flexibility index (Phi) is 3.37. The second-order valence-corrected chi connectivity index (χ2v) is 4.06. The van der Waals surface area contributed by atoms with E-state index < -0.39 is 0 Å². The number of H-pyrrole nitrogens is 1. The molecular formula is C10H12N4S. The summed E-state index contributed by atoms with van der Waals surface area (Å²) in [6.07, 6.45) is 1.52. The fourth-order valence-electron chi connectivity index (χ4n) is 1.29. The third-order valence-corrected chi connectivity index (χ3v) is 2.95. The van der Waals surface area contributed by atoms with E-state index in [-0.39, 0.29) is 0 Å². The highest BCUT2D eigenvalue weighted by Gasteiger charge is 2.04. The van der Waals surface area contributed by atoms with Gasteiger partial charge in [0.1, 0.15) is 6.33 Å². The second-order valence-electron chi connectivity index (χ2n) is 3.03. The van der Waals surface area contributed by atoms with Crippen molar-refractivity contribution in [2.24, 2.45) is 0 Å². The van der Waals surface area contributed by atoms with E-state index >= 15 is 0 Å². The van der Waals surface area contributed by atoms with Gasteiger partial charge < -0.3 is 5.32 Å². The maximum atomic E-state index is 4.09. The van der Waals surface area contributed by atoms with E-state index in [4.69, 9.17) is 0 Å². The molecule has 0 aliphatic rings. The minimum atomic E-state index is 0.818. The predicted octanol–water partition coefficient (Wildman–Crippen LogP) is 1.68. The Labute approximate surface area is 92.5 Å². The summed E-state index contributed by atoms with van der Waals surface area (Å²) >= 11 is 1.59. The van der Waals surface area contributed by atoms with Gasteiger partial charge in [0, 0.05) is 11.4 Å². The lowest BCUT2D eigenvalue weighted by Gasteiger charge is -2.06. The molecule has 2 N–H and O–H groups in total. The molecule has 0 saturated heterocycles. The molecule has 0 fully saturated rings. The van der Waals surface area contributed by atoms with Crippen LogP contribution in [0.3, 0.4) is 0 Å². The molecule has 2 rings (SSSR count). The Morgan fingerprint density at radius 1 is 1.40 bits per heavy atom. The first-order chi connectivity index (χ1) is 7.40. The summed E-state index contributed by atoms with van der Waals surface area (Å²) < 4.78 is 0. The van der Waals surface area contributed by atoms with E-state index in [1.165, 1.54) is 16.8 Å².